The molecule has 0 saturated carbocycles. The van der Waals surface area contributed by atoms with Gasteiger partial charge in [0.1, 0.15) is 0 Å². The molecule has 12 heteroatoms. The summed E-state index contributed by atoms with van der Waals surface area (Å²) in [6.45, 7) is 9.59. The van der Waals surface area contributed by atoms with Gasteiger partial charge in [-0.05, 0) is 69.1 Å². The predicted octanol–water partition coefficient (Wildman–Crippen LogP) is 5.91. The van der Waals surface area contributed by atoms with Crippen molar-refractivity contribution in [2.75, 3.05) is 9.80 Å². The lowest BCUT2D eigenvalue weighted by atomic mass is 9.76. The monoisotopic (exact) mass is 825 g/mol. The van der Waals surface area contributed by atoms with Gasteiger partial charge < -0.3 is 35.0 Å². The quantitative estimate of drug-likeness (QED) is 0.0815. The van der Waals surface area contributed by atoms with Gasteiger partial charge in [-0.3, -0.25) is 4.98 Å². The molecule has 9 nitrogen and oxygen atoms in total. The van der Waals surface area contributed by atoms with Crippen LogP contribution in [-0.2, 0) is 23.9 Å². The van der Waals surface area contributed by atoms with Crippen molar-refractivity contribution < 1.29 is 30.0 Å². The number of benzene rings is 4. The SMILES string of the molecule is Br.CC1(C)/C(=C/C=C(/C=C/C2N(Cc3ccccc3B(O)O)c3ccccc3C2(C)C)c2ccc(C(=O)O)cn2)N(Cc2ccccc2B(O)O)c2ccccc21. The Kier molecular flexibility index (Phi) is 12.1. The van der Waals surface area contributed by atoms with E-state index in [1.54, 1.807) is 36.4 Å². The third-order valence-electron chi connectivity index (χ3n) is 11.3. The number of carboxylic acids is 1. The predicted molar refractivity (Wildman–Crippen MR) is 234 cm³/mol. The average molecular weight is 826 g/mol. The molecule has 0 saturated heterocycles. The van der Waals surface area contributed by atoms with Crippen LogP contribution in [0.2, 0.25) is 0 Å². The Morgan fingerprint density at radius 3 is 1.89 bits per heavy atom. The lowest BCUT2D eigenvalue weighted by molar-refractivity contribution is 0.0696. The number of fused-ring (bicyclic) bond motifs is 2. The largest absolute Gasteiger partial charge is 0.488 e. The zero-order valence-electron chi connectivity index (χ0n) is 32.3. The Labute approximate surface area is 345 Å². The van der Waals surface area contributed by atoms with Gasteiger partial charge >= 0.3 is 20.2 Å². The van der Waals surface area contributed by atoms with Crippen molar-refractivity contribution in [3.8, 4) is 0 Å². The van der Waals surface area contributed by atoms with Gasteiger partial charge in [-0.2, -0.15) is 0 Å². The van der Waals surface area contributed by atoms with Crippen LogP contribution in [0, 0.1) is 0 Å². The first-order chi connectivity index (χ1) is 26.8. The molecule has 5 aromatic rings. The number of anilines is 2. The lowest BCUT2D eigenvalue weighted by Crippen LogP contribution is -2.42. The first-order valence-electron chi connectivity index (χ1n) is 18.7. The van der Waals surface area contributed by atoms with E-state index >= 15 is 0 Å². The van der Waals surface area contributed by atoms with Crippen molar-refractivity contribution in [3.63, 3.8) is 0 Å². The van der Waals surface area contributed by atoms with Gasteiger partial charge in [0.2, 0.25) is 0 Å². The number of nitrogens with zero attached hydrogens (tertiary/aromatic N) is 3. The number of allylic oxidation sites excluding steroid dienone is 5. The molecule has 7 rings (SSSR count). The lowest BCUT2D eigenvalue weighted by Gasteiger charge is -2.33. The second-order valence-corrected chi connectivity index (χ2v) is 15.5. The molecule has 0 fully saturated rings. The molecule has 1 aromatic heterocycles. The normalized spacial score (nSPS) is 17.4. The van der Waals surface area contributed by atoms with E-state index in [4.69, 9.17) is 0 Å². The first kappa shape index (κ1) is 41.4. The Bertz CT molecular complexity index is 2360. The highest BCUT2D eigenvalue weighted by molar-refractivity contribution is 8.93. The summed E-state index contributed by atoms with van der Waals surface area (Å²) in [6.07, 6.45) is 9.65. The molecule has 4 aromatic carbocycles. The van der Waals surface area contributed by atoms with Crippen LogP contribution in [0.25, 0.3) is 5.57 Å². The fourth-order valence-electron chi connectivity index (χ4n) is 8.30. The van der Waals surface area contributed by atoms with Crippen molar-refractivity contribution in [2.45, 2.75) is 57.7 Å². The number of halogens is 1. The number of carboxylic acid groups (broad SMARTS) is 1. The Morgan fingerprint density at radius 2 is 1.30 bits per heavy atom. The molecule has 57 heavy (non-hydrogen) atoms. The summed E-state index contributed by atoms with van der Waals surface area (Å²) in [7, 11) is -3.23. The van der Waals surface area contributed by atoms with Crippen molar-refractivity contribution in [1.29, 1.82) is 0 Å². The summed E-state index contributed by atoms with van der Waals surface area (Å²) in [6, 6.07) is 34.3. The van der Waals surface area contributed by atoms with Crippen LogP contribution in [0.4, 0.5) is 11.4 Å². The second kappa shape index (κ2) is 16.7. The Hall–Kier alpha value is -5.23. The summed E-state index contributed by atoms with van der Waals surface area (Å²) in [5.41, 5.74) is 8.51. The average Bonchev–Trinajstić information content (AvgIpc) is 3.53. The number of aromatic carboxylic acids is 1. The molecular formula is C45H46B2BrN3O6. The Balaban J connectivity index is 0.00000549. The van der Waals surface area contributed by atoms with Crippen LogP contribution in [0.5, 0.6) is 0 Å². The standard InChI is InChI=1S/C45H45B2N3O6.BrH/c1-44(2)34-15-7-11-19-39(34)49(28-32-13-5-9-17-36(32)46(53)54)41(44)25-22-30(38-24-21-31(27-48-38)43(51)52)23-26-42-45(3,4)35-16-8-12-20-40(35)50(42)29-33-14-6-10-18-37(33)47(55)56;/h5-27,41,53-56H,28-29H2,1-4H3,(H,51,52);1H/b25-22+,30-23-,42-26-;. The molecule has 1 atom stereocenters. The summed E-state index contributed by atoms with van der Waals surface area (Å²) in [4.78, 5) is 20.9. The van der Waals surface area contributed by atoms with E-state index in [1.807, 2.05) is 60.7 Å². The van der Waals surface area contributed by atoms with Gasteiger partial charge in [-0.25, -0.2) is 4.79 Å². The van der Waals surface area contributed by atoms with Crippen LogP contribution in [0.1, 0.15) is 66.0 Å². The number of hydrogen-bond acceptors (Lipinski definition) is 8. The number of aromatic nitrogens is 1. The van der Waals surface area contributed by atoms with Crippen LogP contribution in [-0.4, -0.2) is 56.4 Å². The Morgan fingerprint density at radius 1 is 0.737 bits per heavy atom. The van der Waals surface area contributed by atoms with E-state index < -0.39 is 25.6 Å². The molecule has 3 heterocycles. The van der Waals surface area contributed by atoms with Gasteiger partial charge in [0.05, 0.1) is 17.3 Å². The highest BCUT2D eigenvalue weighted by Gasteiger charge is 2.43. The molecule has 2 aliphatic heterocycles. The van der Waals surface area contributed by atoms with Gasteiger partial charge in [-0.1, -0.05) is 131 Å². The van der Waals surface area contributed by atoms with Crippen LogP contribution in [0.3, 0.4) is 0 Å². The summed E-state index contributed by atoms with van der Waals surface area (Å²) < 4.78 is 0. The number of hydrogen-bond donors (Lipinski definition) is 5. The van der Waals surface area contributed by atoms with E-state index in [0.717, 1.165) is 39.3 Å². The summed E-state index contributed by atoms with van der Waals surface area (Å²) in [5.74, 6) is -1.06. The van der Waals surface area contributed by atoms with E-state index in [1.165, 1.54) is 11.8 Å². The van der Waals surface area contributed by atoms with E-state index in [-0.39, 0.29) is 34.0 Å². The molecular weight excluding hydrogens is 780 g/mol. The van der Waals surface area contributed by atoms with Gasteiger partial charge in [0.15, 0.2) is 0 Å². The smallest absolute Gasteiger partial charge is 0.478 e. The van der Waals surface area contributed by atoms with Crippen molar-refractivity contribution in [1.82, 2.24) is 4.98 Å². The molecule has 2 aliphatic rings. The number of rotatable bonds is 11. The van der Waals surface area contributed by atoms with E-state index in [2.05, 4.69) is 78.9 Å². The minimum absolute atomic E-state index is 0. The van der Waals surface area contributed by atoms with Gasteiger partial charge in [0, 0.05) is 47.2 Å². The number of pyridine rings is 1. The molecule has 0 spiro atoms. The van der Waals surface area contributed by atoms with Crippen LogP contribution >= 0.6 is 17.0 Å². The minimum Gasteiger partial charge on any atom is -0.478 e. The molecule has 0 aliphatic carbocycles. The zero-order valence-corrected chi connectivity index (χ0v) is 34.0. The fraction of sp³-hybridized carbons (Fsp3) is 0.200. The molecule has 290 valence electrons. The van der Waals surface area contributed by atoms with Crippen LogP contribution in [0.15, 0.2) is 145 Å². The maximum atomic E-state index is 11.8. The minimum atomic E-state index is -1.62. The molecule has 0 radical (unpaired) electrons. The highest BCUT2D eigenvalue weighted by Crippen LogP contribution is 2.49. The highest BCUT2D eigenvalue weighted by atomic mass is 79.9. The molecule has 0 amide bonds. The van der Waals surface area contributed by atoms with Gasteiger partial charge in [-0.15, -0.1) is 17.0 Å². The maximum Gasteiger partial charge on any atom is 0.488 e. The number of carbonyl (C=O) groups is 1. The molecule has 0 bridgehead atoms. The zero-order chi connectivity index (χ0) is 39.8. The second-order valence-electron chi connectivity index (χ2n) is 15.5. The van der Waals surface area contributed by atoms with Gasteiger partial charge in [0.25, 0.3) is 0 Å². The molecule has 1 unspecified atom stereocenters. The third kappa shape index (κ3) is 8.01. The van der Waals surface area contributed by atoms with E-state index in [0.29, 0.717) is 29.7 Å². The fourth-order valence-corrected chi connectivity index (χ4v) is 8.30. The molecule has 5 N–H and O–H groups in total. The summed E-state index contributed by atoms with van der Waals surface area (Å²) >= 11 is 0. The topological polar surface area (TPSA) is 138 Å². The third-order valence-corrected chi connectivity index (χ3v) is 11.3. The maximum absolute atomic E-state index is 11.8. The van der Waals surface area contributed by atoms with Crippen molar-refractivity contribution in [2.24, 2.45) is 0 Å². The van der Waals surface area contributed by atoms with Crippen molar-refractivity contribution in [3.05, 3.63) is 179 Å². The van der Waals surface area contributed by atoms with Crippen molar-refractivity contribution >= 4 is 65.1 Å². The number of para-hydroxylation sites is 2. The van der Waals surface area contributed by atoms with Crippen LogP contribution < -0.4 is 20.7 Å². The van der Waals surface area contributed by atoms with E-state index in [9.17, 15) is 30.0 Å². The first-order valence-corrected chi connectivity index (χ1v) is 18.7. The summed E-state index contributed by atoms with van der Waals surface area (Å²) in [5, 5.41) is 50.5.